The fourth-order valence-corrected chi connectivity index (χ4v) is 2.16. The molecule has 22 heavy (non-hydrogen) atoms. The van der Waals surface area contributed by atoms with Crippen LogP contribution in [-0.4, -0.2) is 22.6 Å². The highest BCUT2D eigenvalue weighted by Gasteiger charge is 2.23. The molecule has 1 aromatic heterocycles. The van der Waals surface area contributed by atoms with E-state index in [0.717, 1.165) is 5.56 Å². The Labute approximate surface area is 140 Å². The maximum atomic E-state index is 6.10. The summed E-state index contributed by atoms with van der Waals surface area (Å²) >= 11 is 12.0. The minimum atomic E-state index is -0.496. The number of nitrogens with zero attached hydrogens (tertiary/aromatic N) is 2. The Bertz CT molecular complexity index is 684. The smallest absolute Gasteiger partial charge is 0.163 e. The molecule has 1 heterocycles. The number of methoxy groups -OCH3 is 1. The summed E-state index contributed by atoms with van der Waals surface area (Å²) in [5.74, 6) is 1.70. The van der Waals surface area contributed by atoms with Crippen molar-refractivity contribution in [2.75, 3.05) is 12.4 Å². The molecular weight excluding hydrogens is 321 g/mol. The largest absolute Gasteiger partial charge is 0.499 e. The average Bonchev–Trinajstić information content (AvgIpc) is 2.45. The van der Waals surface area contributed by atoms with Crippen LogP contribution in [0.2, 0.25) is 10.2 Å². The van der Waals surface area contributed by atoms with Crippen LogP contribution in [0.3, 0.4) is 0 Å². The Balaban J connectivity index is 2.35. The molecule has 0 radical (unpaired) electrons. The van der Waals surface area contributed by atoms with E-state index in [-0.39, 0.29) is 0 Å². The normalized spacial score (nSPS) is 11.1. The van der Waals surface area contributed by atoms with E-state index in [1.54, 1.807) is 25.3 Å². The van der Waals surface area contributed by atoms with Crippen molar-refractivity contribution < 1.29 is 4.74 Å². The molecule has 6 heteroatoms. The van der Waals surface area contributed by atoms with E-state index in [4.69, 9.17) is 27.9 Å². The molecule has 1 N–H and O–H groups in total. The van der Waals surface area contributed by atoms with Gasteiger partial charge in [0.25, 0.3) is 0 Å². The summed E-state index contributed by atoms with van der Waals surface area (Å²) in [5.41, 5.74) is 0.335. The highest BCUT2D eigenvalue weighted by atomic mass is 35.5. The lowest BCUT2D eigenvalue weighted by Gasteiger charge is -2.28. The standard InChI is InChI=1S/C16H17Cl2N3O/c1-10(22-4)16(2,3)21-14-9-13(18)19-15(20-14)11-5-7-12(17)8-6-11/h5-9H,1H2,2-4H3,(H,19,20,21). The second kappa shape index (κ2) is 6.55. The predicted octanol–water partition coefficient (Wildman–Crippen LogP) is 4.80. The Hall–Kier alpha value is -1.78. The SMILES string of the molecule is C=C(OC)C(C)(C)Nc1cc(Cl)nc(-c2ccc(Cl)cc2)n1. The van der Waals surface area contributed by atoms with Gasteiger partial charge in [-0.15, -0.1) is 0 Å². The zero-order valence-corrected chi connectivity index (χ0v) is 14.2. The van der Waals surface area contributed by atoms with Gasteiger partial charge in [0, 0.05) is 16.7 Å². The summed E-state index contributed by atoms with van der Waals surface area (Å²) in [7, 11) is 1.58. The summed E-state index contributed by atoms with van der Waals surface area (Å²) in [6, 6.07) is 8.91. The van der Waals surface area contributed by atoms with Gasteiger partial charge in [-0.1, -0.05) is 29.8 Å². The molecule has 0 aliphatic rings. The van der Waals surface area contributed by atoms with E-state index in [1.165, 1.54) is 0 Å². The lowest BCUT2D eigenvalue weighted by atomic mass is 10.0. The zero-order chi connectivity index (χ0) is 16.3. The zero-order valence-electron chi connectivity index (χ0n) is 12.7. The van der Waals surface area contributed by atoms with Gasteiger partial charge in [0.2, 0.25) is 0 Å². The fourth-order valence-electron chi connectivity index (χ4n) is 1.85. The van der Waals surface area contributed by atoms with Crippen molar-refractivity contribution in [1.29, 1.82) is 0 Å². The van der Waals surface area contributed by atoms with E-state index in [2.05, 4.69) is 21.9 Å². The van der Waals surface area contributed by atoms with Gasteiger partial charge in [0.1, 0.15) is 16.7 Å². The minimum absolute atomic E-state index is 0.348. The second-order valence-electron chi connectivity index (χ2n) is 5.28. The fraction of sp³-hybridized carbons (Fsp3) is 0.250. The van der Waals surface area contributed by atoms with E-state index in [9.17, 15) is 0 Å². The van der Waals surface area contributed by atoms with Gasteiger partial charge in [0.05, 0.1) is 12.6 Å². The maximum absolute atomic E-state index is 6.10. The number of hydrogen-bond acceptors (Lipinski definition) is 4. The summed E-state index contributed by atoms with van der Waals surface area (Å²) in [6.45, 7) is 7.76. The molecule has 0 saturated carbocycles. The third kappa shape index (κ3) is 3.90. The number of hydrogen-bond donors (Lipinski definition) is 1. The monoisotopic (exact) mass is 337 g/mol. The number of nitrogens with one attached hydrogen (secondary N) is 1. The Morgan fingerprint density at radius 3 is 2.41 bits per heavy atom. The number of rotatable bonds is 5. The Kier molecular flexibility index (Phi) is 4.94. The van der Waals surface area contributed by atoms with Crippen LogP contribution < -0.4 is 5.32 Å². The summed E-state index contributed by atoms with van der Waals surface area (Å²) in [6.07, 6.45) is 0. The van der Waals surface area contributed by atoms with Crippen molar-refractivity contribution in [1.82, 2.24) is 9.97 Å². The average molecular weight is 338 g/mol. The third-order valence-electron chi connectivity index (χ3n) is 3.18. The molecule has 0 unspecified atom stereocenters. The van der Waals surface area contributed by atoms with Crippen LogP contribution in [0.4, 0.5) is 5.82 Å². The van der Waals surface area contributed by atoms with Crippen molar-refractivity contribution >= 4 is 29.0 Å². The number of ether oxygens (including phenoxy) is 1. The predicted molar refractivity (Wildman–Crippen MR) is 91.3 cm³/mol. The lowest BCUT2D eigenvalue weighted by Crippen LogP contribution is -2.34. The van der Waals surface area contributed by atoms with Crippen molar-refractivity contribution in [2.24, 2.45) is 0 Å². The van der Waals surface area contributed by atoms with Gasteiger partial charge in [-0.05, 0) is 38.1 Å². The first-order valence-electron chi connectivity index (χ1n) is 6.64. The molecule has 2 rings (SSSR count). The first kappa shape index (κ1) is 16.6. The topological polar surface area (TPSA) is 47.0 Å². The molecule has 0 atom stereocenters. The number of aromatic nitrogens is 2. The van der Waals surface area contributed by atoms with Gasteiger partial charge < -0.3 is 10.1 Å². The quantitative estimate of drug-likeness (QED) is 0.628. The Morgan fingerprint density at radius 1 is 1.18 bits per heavy atom. The highest BCUT2D eigenvalue weighted by Crippen LogP contribution is 2.25. The van der Waals surface area contributed by atoms with E-state index >= 15 is 0 Å². The highest BCUT2D eigenvalue weighted by molar-refractivity contribution is 6.30. The molecule has 0 aliphatic heterocycles. The van der Waals surface area contributed by atoms with Gasteiger partial charge in [-0.25, -0.2) is 9.97 Å². The Morgan fingerprint density at radius 2 is 1.82 bits per heavy atom. The van der Waals surface area contributed by atoms with E-state index in [0.29, 0.717) is 27.6 Å². The molecule has 2 aromatic rings. The van der Waals surface area contributed by atoms with Crippen LogP contribution in [0.25, 0.3) is 11.4 Å². The molecule has 116 valence electrons. The van der Waals surface area contributed by atoms with Crippen LogP contribution in [0.1, 0.15) is 13.8 Å². The van der Waals surface area contributed by atoms with Gasteiger partial charge in [0.15, 0.2) is 5.82 Å². The van der Waals surface area contributed by atoms with Crippen molar-refractivity contribution in [2.45, 2.75) is 19.4 Å². The number of halogens is 2. The molecular formula is C16H17Cl2N3O. The molecule has 0 spiro atoms. The van der Waals surface area contributed by atoms with Crippen LogP contribution in [-0.2, 0) is 4.74 Å². The second-order valence-corrected chi connectivity index (χ2v) is 6.11. The summed E-state index contributed by atoms with van der Waals surface area (Å²) in [4.78, 5) is 8.74. The van der Waals surface area contributed by atoms with Gasteiger partial charge in [-0.2, -0.15) is 0 Å². The molecule has 0 saturated heterocycles. The molecule has 0 fully saturated rings. The number of benzene rings is 1. The van der Waals surface area contributed by atoms with Crippen LogP contribution in [0.15, 0.2) is 42.7 Å². The molecule has 4 nitrogen and oxygen atoms in total. The molecule has 0 bridgehead atoms. The van der Waals surface area contributed by atoms with Crippen LogP contribution in [0, 0.1) is 0 Å². The van der Waals surface area contributed by atoms with Crippen molar-refractivity contribution in [3.63, 3.8) is 0 Å². The summed E-state index contributed by atoms with van der Waals surface area (Å²) in [5, 5.41) is 4.25. The first-order valence-corrected chi connectivity index (χ1v) is 7.39. The molecule has 0 amide bonds. The van der Waals surface area contributed by atoms with Gasteiger partial charge >= 0.3 is 0 Å². The molecule has 1 aromatic carbocycles. The molecule has 0 aliphatic carbocycles. The third-order valence-corrected chi connectivity index (χ3v) is 3.63. The number of anilines is 1. The van der Waals surface area contributed by atoms with Crippen LogP contribution >= 0.6 is 23.2 Å². The maximum Gasteiger partial charge on any atom is 0.163 e. The lowest BCUT2D eigenvalue weighted by molar-refractivity contribution is 0.247. The van der Waals surface area contributed by atoms with Gasteiger partial charge in [-0.3, -0.25) is 0 Å². The van der Waals surface area contributed by atoms with Crippen LogP contribution in [0.5, 0.6) is 0 Å². The van der Waals surface area contributed by atoms with Crippen molar-refractivity contribution in [3.05, 3.63) is 52.8 Å². The summed E-state index contributed by atoms with van der Waals surface area (Å²) < 4.78 is 5.20. The first-order chi connectivity index (χ1) is 10.3. The minimum Gasteiger partial charge on any atom is -0.499 e. The van der Waals surface area contributed by atoms with E-state index in [1.807, 2.05) is 26.0 Å². The van der Waals surface area contributed by atoms with Crippen molar-refractivity contribution in [3.8, 4) is 11.4 Å². The van der Waals surface area contributed by atoms with E-state index < -0.39 is 5.54 Å².